The van der Waals surface area contributed by atoms with Gasteiger partial charge in [0.05, 0.1) is 12.9 Å². The zero-order valence-corrected chi connectivity index (χ0v) is 10.9. The van der Waals surface area contributed by atoms with Crippen LogP contribution in [0.25, 0.3) is 11.2 Å². The number of nitrogens with two attached hydrogens (primary N) is 1. The molecule has 2 aromatic heterocycles. The van der Waals surface area contributed by atoms with Gasteiger partial charge in [0.15, 0.2) is 17.7 Å². The SMILES string of the molecule is Cl.Nc1nc(=O)n2c3c1ncn3C[C@H]1O[C@@H]2C(O)C1O. The summed E-state index contributed by atoms with van der Waals surface area (Å²) in [7, 11) is 0. The average molecular weight is 302 g/mol. The first-order chi connectivity index (χ1) is 9.08. The van der Waals surface area contributed by atoms with Gasteiger partial charge in [0.25, 0.3) is 0 Å². The van der Waals surface area contributed by atoms with E-state index in [1.165, 1.54) is 10.9 Å². The molecular formula is C10H12ClN5O4. The van der Waals surface area contributed by atoms with Gasteiger partial charge in [-0.2, -0.15) is 4.98 Å². The van der Waals surface area contributed by atoms with Gasteiger partial charge in [-0.3, -0.25) is 0 Å². The van der Waals surface area contributed by atoms with Gasteiger partial charge in [0.1, 0.15) is 23.8 Å². The van der Waals surface area contributed by atoms with Gasteiger partial charge < -0.3 is 25.3 Å². The van der Waals surface area contributed by atoms with Crippen LogP contribution in [0.1, 0.15) is 6.23 Å². The van der Waals surface area contributed by atoms with Crippen LogP contribution in [0.15, 0.2) is 11.1 Å². The molecule has 1 saturated heterocycles. The number of fused-ring (bicyclic) bond motifs is 3. The van der Waals surface area contributed by atoms with Crippen molar-refractivity contribution in [1.82, 2.24) is 19.1 Å². The first-order valence-corrected chi connectivity index (χ1v) is 5.82. The van der Waals surface area contributed by atoms with Crippen molar-refractivity contribution in [3.8, 4) is 0 Å². The molecule has 0 spiro atoms. The van der Waals surface area contributed by atoms with Gasteiger partial charge in [-0.05, 0) is 0 Å². The quantitative estimate of drug-likeness (QED) is 0.525. The first kappa shape index (κ1) is 13.3. The minimum Gasteiger partial charge on any atom is -0.387 e. The number of anilines is 1. The van der Waals surface area contributed by atoms with E-state index in [-0.39, 0.29) is 24.8 Å². The minimum atomic E-state index is -1.18. The highest BCUT2D eigenvalue weighted by atomic mass is 35.5. The van der Waals surface area contributed by atoms with Crippen LogP contribution in [0.5, 0.6) is 0 Å². The van der Waals surface area contributed by atoms with Crippen molar-refractivity contribution in [2.75, 3.05) is 5.73 Å². The molecule has 0 radical (unpaired) electrons. The number of aliphatic hydroxyl groups is 2. The molecule has 2 unspecified atom stereocenters. The van der Waals surface area contributed by atoms with E-state index in [2.05, 4.69) is 9.97 Å². The van der Waals surface area contributed by atoms with E-state index in [0.717, 1.165) is 0 Å². The Morgan fingerprint density at radius 1 is 1.40 bits per heavy atom. The summed E-state index contributed by atoms with van der Waals surface area (Å²) in [5.41, 5.74) is 5.88. The van der Waals surface area contributed by atoms with E-state index in [0.29, 0.717) is 11.2 Å². The van der Waals surface area contributed by atoms with Crippen molar-refractivity contribution >= 4 is 29.4 Å². The number of rotatable bonds is 0. The van der Waals surface area contributed by atoms with Crippen LogP contribution in [-0.4, -0.2) is 47.6 Å². The summed E-state index contributed by atoms with van der Waals surface area (Å²) >= 11 is 0. The standard InChI is InChI=1S/C10H11N5O4.ClH/c11-7-4-8-14(2-12-4)1-3-5(16)6(17)9(19-3)15(8)10(18)13-7;/h2-3,5-6,9,16-17H,1H2,(H2,11,13,18);1H/t3-,5?,6?,9-;/m1./s1. The Hall–Kier alpha value is -1.68. The second-order valence-corrected chi connectivity index (χ2v) is 4.77. The lowest BCUT2D eigenvalue weighted by atomic mass is 10.1. The zero-order chi connectivity index (χ0) is 13.3. The van der Waals surface area contributed by atoms with Crippen LogP contribution >= 0.6 is 12.4 Å². The number of hydrogen-bond acceptors (Lipinski definition) is 7. The van der Waals surface area contributed by atoms with Gasteiger partial charge >= 0.3 is 5.69 Å². The fourth-order valence-corrected chi connectivity index (χ4v) is 2.76. The number of halogens is 1. The Balaban J connectivity index is 0.00000121. The summed E-state index contributed by atoms with van der Waals surface area (Å²) in [6, 6.07) is 0. The Morgan fingerprint density at radius 2 is 2.15 bits per heavy atom. The molecule has 9 nitrogen and oxygen atoms in total. The third kappa shape index (κ3) is 1.45. The van der Waals surface area contributed by atoms with Crippen molar-refractivity contribution in [3.05, 3.63) is 16.8 Å². The molecule has 1 fully saturated rings. The normalized spacial score (nSPS) is 31.1. The molecule has 10 heteroatoms. The summed E-state index contributed by atoms with van der Waals surface area (Å²) in [6.07, 6.45) is -2.29. The molecule has 4 atom stereocenters. The molecule has 2 aliphatic heterocycles. The lowest BCUT2D eigenvalue weighted by Gasteiger charge is -2.19. The van der Waals surface area contributed by atoms with Crippen molar-refractivity contribution in [1.29, 1.82) is 0 Å². The molecule has 4 N–H and O–H groups in total. The summed E-state index contributed by atoms with van der Waals surface area (Å²) in [5.74, 6) is 0.0443. The molecule has 108 valence electrons. The number of imidazole rings is 1. The fraction of sp³-hybridized carbons (Fsp3) is 0.500. The minimum absolute atomic E-state index is 0. The highest BCUT2D eigenvalue weighted by molar-refractivity contribution is 5.85. The molecule has 0 amide bonds. The smallest absolute Gasteiger partial charge is 0.353 e. The van der Waals surface area contributed by atoms with E-state index in [1.807, 2.05) is 0 Å². The Labute approximate surface area is 118 Å². The molecule has 0 aromatic carbocycles. The van der Waals surface area contributed by atoms with Gasteiger partial charge in [0.2, 0.25) is 0 Å². The fourth-order valence-electron chi connectivity index (χ4n) is 2.76. The number of aliphatic hydroxyl groups excluding tert-OH is 2. The van der Waals surface area contributed by atoms with Gasteiger partial charge in [-0.1, -0.05) is 0 Å². The van der Waals surface area contributed by atoms with E-state index < -0.39 is 30.2 Å². The Morgan fingerprint density at radius 3 is 2.90 bits per heavy atom. The summed E-state index contributed by atoms with van der Waals surface area (Å²) < 4.78 is 8.40. The van der Waals surface area contributed by atoms with Gasteiger partial charge in [0, 0.05) is 0 Å². The number of nitrogens with zero attached hydrogens (tertiary/aromatic N) is 4. The second kappa shape index (κ2) is 4.16. The maximum absolute atomic E-state index is 12.0. The highest BCUT2D eigenvalue weighted by Crippen LogP contribution is 2.34. The Kier molecular flexibility index (Phi) is 2.77. The molecule has 0 aliphatic carbocycles. The monoisotopic (exact) mass is 301 g/mol. The predicted octanol–water partition coefficient (Wildman–Crippen LogP) is -1.77. The number of aromatic nitrogens is 4. The van der Waals surface area contributed by atoms with E-state index in [9.17, 15) is 15.0 Å². The molecule has 4 heterocycles. The third-order valence-corrected chi connectivity index (χ3v) is 3.67. The third-order valence-electron chi connectivity index (χ3n) is 3.67. The lowest BCUT2D eigenvalue weighted by molar-refractivity contribution is -0.0352. The maximum atomic E-state index is 12.0. The number of ether oxygens (including phenoxy) is 1. The van der Waals surface area contributed by atoms with Gasteiger partial charge in [-0.25, -0.2) is 14.3 Å². The molecule has 2 aliphatic rings. The average Bonchev–Trinajstić information content (AvgIpc) is 2.82. The van der Waals surface area contributed by atoms with Crippen LogP contribution in [-0.2, 0) is 11.3 Å². The van der Waals surface area contributed by atoms with E-state index in [1.54, 1.807) is 4.57 Å². The molecule has 20 heavy (non-hydrogen) atoms. The molecule has 2 aromatic rings. The van der Waals surface area contributed by atoms with Crippen LogP contribution in [0.3, 0.4) is 0 Å². The van der Waals surface area contributed by atoms with Crippen molar-refractivity contribution in [3.63, 3.8) is 0 Å². The second-order valence-electron chi connectivity index (χ2n) is 4.77. The summed E-state index contributed by atoms with van der Waals surface area (Å²) in [5, 5.41) is 19.9. The van der Waals surface area contributed by atoms with Crippen LogP contribution in [0.4, 0.5) is 5.82 Å². The maximum Gasteiger partial charge on any atom is 0.353 e. The van der Waals surface area contributed by atoms with Crippen molar-refractivity contribution in [2.24, 2.45) is 0 Å². The molecular weight excluding hydrogens is 290 g/mol. The van der Waals surface area contributed by atoms with Crippen molar-refractivity contribution in [2.45, 2.75) is 31.1 Å². The summed E-state index contributed by atoms with van der Waals surface area (Å²) in [6.45, 7) is 0.286. The predicted molar refractivity (Wildman–Crippen MR) is 69.4 cm³/mol. The largest absolute Gasteiger partial charge is 0.387 e. The van der Waals surface area contributed by atoms with Gasteiger partial charge in [-0.15, -0.1) is 12.4 Å². The summed E-state index contributed by atoms with van der Waals surface area (Å²) in [4.78, 5) is 19.8. The number of nitrogen functional groups attached to an aromatic ring is 1. The van der Waals surface area contributed by atoms with E-state index >= 15 is 0 Å². The Bertz CT molecular complexity index is 743. The molecule has 0 saturated carbocycles. The topological polar surface area (TPSA) is 128 Å². The van der Waals surface area contributed by atoms with Crippen molar-refractivity contribution < 1.29 is 14.9 Å². The number of hydrogen-bond donors (Lipinski definition) is 3. The van der Waals surface area contributed by atoms with Crippen LogP contribution in [0, 0.1) is 0 Å². The molecule has 4 rings (SSSR count). The molecule has 2 bridgehead atoms. The van der Waals surface area contributed by atoms with Crippen LogP contribution in [0.2, 0.25) is 0 Å². The van der Waals surface area contributed by atoms with E-state index in [4.69, 9.17) is 10.5 Å². The lowest BCUT2D eigenvalue weighted by Crippen LogP contribution is -2.39. The highest BCUT2D eigenvalue weighted by Gasteiger charge is 2.47. The zero-order valence-electron chi connectivity index (χ0n) is 10.1. The van der Waals surface area contributed by atoms with Crippen LogP contribution < -0.4 is 11.4 Å². The first-order valence-electron chi connectivity index (χ1n) is 5.82.